The van der Waals surface area contributed by atoms with Crippen LogP contribution in [0.3, 0.4) is 0 Å². The van der Waals surface area contributed by atoms with Crippen molar-refractivity contribution in [2.24, 2.45) is 10.7 Å². The minimum Gasteiger partial charge on any atom is -0.493 e. The zero-order valence-corrected chi connectivity index (χ0v) is 23.9. The highest BCUT2D eigenvalue weighted by Gasteiger charge is 2.16. The molecule has 218 valence electrons. The van der Waals surface area contributed by atoms with Crippen LogP contribution in [0.5, 0.6) is 17.2 Å². The van der Waals surface area contributed by atoms with Crippen LogP contribution in [0.4, 0.5) is 10.5 Å². The zero-order chi connectivity index (χ0) is 28.6. The summed E-state index contributed by atoms with van der Waals surface area (Å²) in [6, 6.07) is 13.8. The molecular weight excluding hydrogens is 510 g/mol. The molecule has 4 rings (SSSR count). The van der Waals surface area contributed by atoms with Gasteiger partial charge in [0.25, 0.3) is 0 Å². The number of nitrogens with zero attached hydrogens (tertiary/aromatic N) is 2. The van der Waals surface area contributed by atoms with Gasteiger partial charge in [0.1, 0.15) is 18.1 Å². The van der Waals surface area contributed by atoms with Crippen LogP contribution in [-0.2, 0) is 11.2 Å². The molecule has 1 saturated heterocycles. The first-order valence-electron chi connectivity index (χ1n) is 13.8. The number of hydrogen-bond acceptors (Lipinski definition) is 8. The number of hydrogen-bond donors (Lipinski definition) is 3. The summed E-state index contributed by atoms with van der Waals surface area (Å²) in [6.45, 7) is 7.59. The molecule has 1 atom stereocenters. The fourth-order valence-corrected chi connectivity index (χ4v) is 4.11. The third-order valence-electron chi connectivity index (χ3n) is 6.31. The predicted molar refractivity (Wildman–Crippen MR) is 158 cm³/mol. The van der Waals surface area contributed by atoms with Gasteiger partial charge in [0.05, 0.1) is 26.0 Å². The van der Waals surface area contributed by atoms with E-state index in [0.29, 0.717) is 31.1 Å². The Labute approximate surface area is 237 Å². The highest BCUT2D eigenvalue weighted by atomic mass is 16.5. The Morgan fingerprint density at radius 2 is 1.95 bits per heavy atom. The van der Waals surface area contributed by atoms with E-state index >= 15 is 0 Å². The minimum atomic E-state index is -0.130. The molecule has 1 unspecified atom stereocenters. The van der Waals surface area contributed by atoms with E-state index in [1.165, 1.54) is 0 Å². The third-order valence-corrected chi connectivity index (χ3v) is 6.31. The highest BCUT2D eigenvalue weighted by Crippen LogP contribution is 2.37. The lowest BCUT2D eigenvalue weighted by molar-refractivity contribution is 0.0321. The van der Waals surface area contributed by atoms with Gasteiger partial charge in [-0.2, -0.15) is 0 Å². The van der Waals surface area contributed by atoms with E-state index in [2.05, 4.69) is 20.5 Å². The van der Waals surface area contributed by atoms with Gasteiger partial charge in [-0.15, -0.1) is 0 Å². The Balaban J connectivity index is 0.000000342. The molecular formula is C30H43N5O5. The SMILES string of the molecule is CNC(=O)NCCCC(C)N.COc1cc2c(cc1OCCN1CCOCC1)N=CC=C(Oc1ccccc1)C2. The zero-order valence-electron chi connectivity index (χ0n) is 23.9. The first-order chi connectivity index (χ1) is 19.5. The minimum absolute atomic E-state index is 0.130. The van der Waals surface area contributed by atoms with Crippen molar-refractivity contribution in [3.8, 4) is 17.2 Å². The number of para-hydroxylation sites is 1. The van der Waals surface area contributed by atoms with Gasteiger partial charge in [-0.25, -0.2) is 4.79 Å². The average molecular weight is 554 g/mol. The molecule has 10 heteroatoms. The van der Waals surface area contributed by atoms with Gasteiger partial charge in [0, 0.05) is 58.0 Å². The molecule has 0 aliphatic carbocycles. The molecule has 0 spiro atoms. The number of amides is 2. The molecule has 4 N–H and O–H groups in total. The first kappa shape index (κ1) is 30.9. The Bertz CT molecular complexity index is 1100. The molecule has 2 amide bonds. The van der Waals surface area contributed by atoms with Crippen molar-refractivity contribution in [3.05, 3.63) is 59.9 Å². The number of ether oxygens (including phenoxy) is 4. The van der Waals surface area contributed by atoms with Crippen molar-refractivity contribution in [2.45, 2.75) is 32.2 Å². The summed E-state index contributed by atoms with van der Waals surface area (Å²) >= 11 is 0. The summed E-state index contributed by atoms with van der Waals surface area (Å²) in [7, 11) is 3.26. The maximum absolute atomic E-state index is 10.6. The number of allylic oxidation sites excluding steroid dienone is 2. The second-order valence-electron chi connectivity index (χ2n) is 9.56. The van der Waals surface area contributed by atoms with E-state index < -0.39 is 0 Å². The number of urea groups is 1. The molecule has 1 fully saturated rings. The van der Waals surface area contributed by atoms with Crippen LogP contribution in [-0.4, -0.2) is 83.3 Å². The van der Waals surface area contributed by atoms with Crippen LogP contribution < -0.4 is 30.6 Å². The van der Waals surface area contributed by atoms with E-state index in [1.807, 2.05) is 55.5 Å². The van der Waals surface area contributed by atoms with E-state index in [1.54, 1.807) is 20.4 Å². The van der Waals surface area contributed by atoms with E-state index in [0.717, 1.165) is 68.4 Å². The van der Waals surface area contributed by atoms with Crippen LogP contribution in [0, 0.1) is 0 Å². The monoisotopic (exact) mass is 553 g/mol. The number of carbonyl (C=O) groups is 1. The highest BCUT2D eigenvalue weighted by molar-refractivity contribution is 5.78. The molecule has 0 saturated carbocycles. The fourth-order valence-electron chi connectivity index (χ4n) is 4.11. The lowest BCUT2D eigenvalue weighted by Crippen LogP contribution is -2.38. The number of nitrogens with one attached hydrogen (secondary N) is 2. The number of methoxy groups -OCH3 is 1. The lowest BCUT2D eigenvalue weighted by atomic mass is 10.1. The normalized spacial score (nSPS) is 15.3. The first-order valence-corrected chi connectivity index (χ1v) is 13.8. The van der Waals surface area contributed by atoms with Crippen molar-refractivity contribution >= 4 is 17.9 Å². The van der Waals surface area contributed by atoms with Gasteiger partial charge in [-0.3, -0.25) is 9.89 Å². The Kier molecular flexibility index (Phi) is 13.3. The topological polar surface area (TPSA) is 120 Å². The van der Waals surface area contributed by atoms with Crippen molar-refractivity contribution < 1.29 is 23.7 Å². The van der Waals surface area contributed by atoms with Crippen LogP contribution in [0.2, 0.25) is 0 Å². The van der Waals surface area contributed by atoms with E-state index in [-0.39, 0.29) is 12.1 Å². The molecule has 2 aromatic carbocycles. The van der Waals surface area contributed by atoms with Gasteiger partial charge >= 0.3 is 6.03 Å². The van der Waals surface area contributed by atoms with Crippen molar-refractivity contribution in [3.63, 3.8) is 0 Å². The number of morpholine rings is 1. The second kappa shape index (κ2) is 17.2. The van der Waals surface area contributed by atoms with Crippen LogP contribution in [0.15, 0.2) is 59.3 Å². The maximum atomic E-state index is 10.6. The van der Waals surface area contributed by atoms with Crippen molar-refractivity contribution in [2.75, 3.05) is 60.2 Å². The number of aliphatic imine (C=N–C) groups is 1. The van der Waals surface area contributed by atoms with Crippen molar-refractivity contribution in [1.29, 1.82) is 0 Å². The number of nitrogens with two attached hydrogens (primary N) is 1. The number of benzene rings is 2. The maximum Gasteiger partial charge on any atom is 0.314 e. The van der Waals surface area contributed by atoms with Crippen LogP contribution >= 0.6 is 0 Å². The molecule has 0 radical (unpaired) electrons. The molecule has 0 bridgehead atoms. The van der Waals surface area contributed by atoms with Crippen LogP contribution in [0.25, 0.3) is 0 Å². The van der Waals surface area contributed by atoms with Gasteiger partial charge in [0.2, 0.25) is 0 Å². The fraction of sp³-hybridized carbons (Fsp3) is 0.467. The summed E-state index contributed by atoms with van der Waals surface area (Å²) in [6.07, 6.45) is 6.19. The second-order valence-corrected chi connectivity index (χ2v) is 9.56. The van der Waals surface area contributed by atoms with Gasteiger partial charge in [-0.05, 0) is 49.6 Å². The number of fused-ring (bicyclic) bond motifs is 1. The smallest absolute Gasteiger partial charge is 0.314 e. The third kappa shape index (κ3) is 10.9. The largest absolute Gasteiger partial charge is 0.493 e. The summed E-state index contributed by atoms with van der Waals surface area (Å²) < 4.78 is 23.0. The lowest BCUT2D eigenvalue weighted by Gasteiger charge is -2.26. The molecule has 2 heterocycles. The van der Waals surface area contributed by atoms with Crippen LogP contribution in [0.1, 0.15) is 25.3 Å². The van der Waals surface area contributed by atoms with Gasteiger partial charge < -0.3 is 35.3 Å². The standard InChI is InChI=1S/C23H26N2O4.C7H17N3O/c1-26-22-16-18-15-20(29-19-5-3-2-4-6-19)7-8-24-21(18)17-23(22)28-14-11-25-9-12-27-13-10-25;1-6(8)4-3-5-10-7(11)9-2/h2-8,16-17H,9-15H2,1H3;6H,3-5,8H2,1-2H3,(H2,9,10,11). The van der Waals surface area contributed by atoms with Gasteiger partial charge in [-0.1, -0.05) is 18.2 Å². The Morgan fingerprint density at radius 3 is 2.65 bits per heavy atom. The Morgan fingerprint density at radius 1 is 1.18 bits per heavy atom. The molecule has 2 aromatic rings. The summed E-state index contributed by atoms with van der Waals surface area (Å²) in [5.74, 6) is 3.07. The summed E-state index contributed by atoms with van der Waals surface area (Å²) in [5.41, 5.74) is 7.42. The molecule has 2 aliphatic rings. The quantitative estimate of drug-likeness (QED) is 0.363. The van der Waals surface area contributed by atoms with E-state index in [9.17, 15) is 4.79 Å². The number of rotatable bonds is 11. The summed E-state index contributed by atoms with van der Waals surface area (Å²) in [4.78, 5) is 17.5. The molecule has 2 aliphatic heterocycles. The molecule has 40 heavy (non-hydrogen) atoms. The molecule has 10 nitrogen and oxygen atoms in total. The summed E-state index contributed by atoms with van der Waals surface area (Å²) in [5, 5.41) is 5.15. The van der Waals surface area contributed by atoms with Crippen molar-refractivity contribution in [1.82, 2.24) is 15.5 Å². The number of carbonyl (C=O) groups excluding carboxylic acids is 1. The predicted octanol–water partition coefficient (Wildman–Crippen LogP) is 3.67. The average Bonchev–Trinajstić information content (AvgIpc) is 3.17. The van der Waals surface area contributed by atoms with E-state index in [4.69, 9.17) is 24.7 Å². The molecule has 0 aromatic heterocycles. The Hall–Kier alpha value is -3.60. The van der Waals surface area contributed by atoms with Gasteiger partial charge in [0.15, 0.2) is 11.5 Å².